The Hall–Kier alpha value is -3.91. The summed E-state index contributed by atoms with van der Waals surface area (Å²) in [7, 11) is 4.66. The lowest BCUT2D eigenvalue weighted by molar-refractivity contribution is -0.114. The van der Waals surface area contributed by atoms with Gasteiger partial charge in [0.05, 0.1) is 43.8 Å². The van der Waals surface area contributed by atoms with Crippen LogP contribution in [0.1, 0.15) is 16.8 Å². The highest BCUT2D eigenvalue weighted by Crippen LogP contribution is 2.38. The van der Waals surface area contributed by atoms with Crippen molar-refractivity contribution in [1.82, 2.24) is 9.97 Å². The van der Waals surface area contributed by atoms with Crippen LogP contribution in [0, 0.1) is 6.92 Å². The minimum Gasteiger partial charge on any atom is -0.493 e. The van der Waals surface area contributed by atoms with Crippen molar-refractivity contribution in [2.75, 3.05) is 26.2 Å². The fraction of sp³-hybridized carbons (Fsp3) is 0.192. The second-order valence-electron chi connectivity index (χ2n) is 7.51. The number of carbonyl (C=O) groups excluding carboxylic acids is 1. The van der Waals surface area contributed by atoms with E-state index in [1.54, 1.807) is 50.6 Å². The number of carbonyl (C=O) groups is 1. The number of fused-ring (bicyclic) bond motifs is 1. The zero-order valence-corrected chi connectivity index (χ0v) is 20.3. The molecule has 0 fully saturated rings. The molecular weight excluding hydrogens is 450 g/mol. The highest BCUT2D eigenvalue weighted by Gasteiger charge is 2.19. The van der Waals surface area contributed by atoms with Crippen molar-refractivity contribution in [3.63, 3.8) is 0 Å². The molecule has 0 unspecified atom stereocenters. The first kappa shape index (κ1) is 23.3. The molecule has 0 spiro atoms. The van der Waals surface area contributed by atoms with Crippen molar-refractivity contribution < 1.29 is 19.0 Å². The van der Waals surface area contributed by atoms with Gasteiger partial charge in [-0.1, -0.05) is 23.5 Å². The Bertz CT molecular complexity index is 1310. The van der Waals surface area contributed by atoms with Crippen molar-refractivity contribution in [3.05, 3.63) is 77.6 Å². The molecule has 34 heavy (non-hydrogen) atoms. The van der Waals surface area contributed by atoms with Crippen LogP contribution in [0.25, 0.3) is 16.3 Å². The summed E-state index contributed by atoms with van der Waals surface area (Å²) in [5.41, 5.74) is 3.51. The number of thiazole rings is 1. The molecular formula is C26H25N3O4S. The number of amides is 1. The normalized spacial score (nSPS) is 11.1. The number of aromatic nitrogens is 2. The monoisotopic (exact) mass is 475 g/mol. The van der Waals surface area contributed by atoms with Gasteiger partial charge in [0, 0.05) is 12.3 Å². The Morgan fingerprint density at radius 3 is 2.44 bits per heavy atom. The Balaban J connectivity index is 1.68. The van der Waals surface area contributed by atoms with Gasteiger partial charge in [-0.25, -0.2) is 4.98 Å². The average Bonchev–Trinajstić information content (AvgIpc) is 3.28. The summed E-state index contributed by atoms with van der Waals surface area (Å²) in [6.07, 6.45) is 4.95. The van der Waals surface area contributed by atoms with E-state index in [1.165, 1.54) is 17.4 Å². The maximum Gasteiger partial charge on any atom is 0.253 e. The van der Waals surface area contributed by atoms with Crippen molar-refractivity contribution in [3.8, 4) is 17.2 Å². The van der Waals surface area contributed by atoms with Gasteiger partial charge in [-0.3, -0.25) is 14.7 Å². The summed E-state index contributed by atoms with van der Waals surface area (Å²) in [5.74, 6) is 1.31. The van der Waals surface area contributed by atoms with Crippen molar-refractivity contribution in [2.24, 2.45) is 0 Å². The third kappa shape index (κ3) is 5.02. The van der Waals surface area contributed by atoms with Crippen LogP contribution in [0.2, 0.25) is 0 Å². The van der Waals surface area contributed by atoms with E-state index in [0.29, 0.717) is 28.9 Å². The van der Waals surface area contributed by atoms with Gasteiger partial charge in [0.1, 0.15) is 0 Å². The molecule has 0 aliphatic heterocycles. The molecule has 4 rings (SSSR count). The number of rotatable bonds is 8. The molecule has 0 saturated carbocycles. The molecule has 0 N–H and O–H groups in total. The molecule has 0 atom stereocenters. The van der Waals surface area contributed by atoms with Gasteiger partial charge in [0.2, 0.25) is 5.75 Å². The quantitative estimate of drug-likeness (QED) is 0.323. The molecule has 0 aliphatic rings. The number of anilines is 1. The number of hydrogen-bond acceptors (Lipinski definition) is 7. The molecule has 0 bridgehead atoms. The van der Waals surface area contributed by atoms with Crippen molar-refractivity contribution in [2.45, 2.75) is 13.5 Å². The molecule has 2 aromatic heterocycles. The zero-order chi connectivity index (χ0) is 24.1. The fourth-order valence-electron chi connectivity index (χ4n) is 3.48. The number of hydrogen-bond donors (Lipinski definition) is 0. The van der Waals surface area contributed by atoms with Crippen LogP contribution >= 0.6 is 11.3 Å². The zero-order valence-electron chi connectivity index (χ0n) is 19.4. The number of aryl methyl sites for hydroxylation is 1. The predicted octanol–water partition coefficient (Wildman–Crippen LogP) is 5.27. The minimum atomic E-state index is -0.213. The van der Waals surface area contributed by atoms with E-state index in [4.69, 9.17) is 19.2 Å². The summed E-state index contributed by atoms with van der Waals surface area (Å²) in [6.45, 7) is 2.34. The standard InChI is InChI=1S/C26H25N3O4S/c1-17-8-10-20-23(13-17)34-26(28-20)29(16-19-7-5-6-12-27-19)24(30)11-9-18-14-21(31-2)25(33-4)22(15-18)32-3/h5-15H,16H2,1-4H3/b11-9+. The molecule has 7 nitrogen and oxygen atoms in total. The largest absolute Gasteiger partial charge is 0.493 e. The predicted molar refractivity (Wildman–Crippen MR) is 135 cm³/mol. The average molecular weight is 476 g/mol. The molecule has 8 heteroatoms. The number of methoxy groups -OCH3 is 3. The summed E-state index contributed by atoms with van der Waals surface area (Å²) in [4.78, 5) is 24.1. The highest BCUT2D eigenvalue weighted by molar-refractivity contribution is 7.22. The van der Waals surface area contributed by atoms with E-state index in [2.05, 4.69) is 11.1 Å². The van der Waals surface area contributed by atoms with Gasteiger partial charge in [-0.2, -0.15) is 0 Å². The summed E-state index contributed by atoms with van der Waals surface area (Å²) >= 11 is 1.48. The first-order valence-electron chi connectivity index (χ1n) is 10.6. The molecule has 2 aromatic carbocycles. The maximum atomic E-state index is 13.4. The second-order valence-corrected chi connectivity index (χ2v) is 8.51. The van der Waals surface area contributed by atoms with Crippen LogP contribution in [-0.2, 0) is 11.3 Å². The third-order valence-corrected chi connectivity index (χ3v) is 6.22. The minimum absolute atomic E-state index is 0.213. The van der Waals surface area contributed by atoms with Crippen LogP contribution in [0.3, 0.4) is 0 Å². The van der Waals surface area contributed by atoms with E-state index >= 15 is 0 Å². The lowest BCUT2D eigenvalue weighted by atomic mass is 10.1. The Morgan fingerprint density at radius 1 is 1.03 bits per heavy atom. The first-order chi connectivity index (χ1) is 16.5. The van der Waals surface area contributed by atoms with Crippen LogP contribution in [0.15, 0.2) is 60.8 Å². The van der Waals surface area contributed by atoms with Crippen LogP contribution in [0.4, 0.5) is 5.13 Å². The summed E-state index contributed by atoms with van der Waals surface area (Å²) < 4.78 is 17.2. The number of ether oxygens (including phenoxy) is 3. The SMILES string of the molecule is COc1cc(/C=C/C(=O)N(Cc2ccccn2)c2nc3ccc(C)cc3s2)cc(OC)c1OC. The molecule has 2 heterocycles. The van der Waals surface area contributed by atoms with Gasteiger partial charge >= 0.3 is 0 Å². The van der Waals surface area contributed by atoms with E-state index in [-0.39, 0.29) is 5.91 Å². The van der Waals surface area contributed by atoms with E-state index < -0.39 is 0 Å². The van der Waals surface area contributed by atoms with E-state index in [1.807, 2.05) is 37.3 Å². The lowest BCUT2D eigenvalue weighted by Gasteiger charge is -2.18. The Labute approximate surface area is 202 Å². The topological polar surface area (TPSA) is 73.8 Å². The van der Waals surface area contributed by atoms with Gasteiger partial charge in [0.25, 0.3) is 5.91 Å². The number of pyridine rings is 1. The van der Waals surface area contributed by atoms with Crippen LogP contribution in [-0.4, -0.2) is 37.2 Å². The van der Waals surface area contributed by atoms with E-state index in [0.717, 1.165) is 27.0 Å². The molecule has 0 saturated heterocycles. The first-order valence-corrected chi connectivity index (χ1v) is 11.4. The molecule has 4 aromatic rings. The molecule has 0 aliphatic carbocycles. The van der Waals surface area contributed by atoms with Gasteiger partial charge in [-0.15, -0.1) is 0 Å². The van der Waals surface area contributed by atoms with E-state index in [9.17, 15) is 4.79 Å². The third-order valence-electron chi connectivity index (χ3n) is 5.18. The summed E-state index contributed by atoms with van der Waals surface area (Å²) in [5, 5.41) is 0.616. The molecule has 1 amide bonds. The summed E-state index contributed by atoms with van der Waals surface area (Å²) in [6, 6.07) is 15.3. The smallest absolute Gasteiger partial charge is 0.253 e. The molecule has 174 valence electrons. The van der Waals surface area contributed by atoms with Gasteiger partial charge in [-0.05, 0) is 60.5 Å². The maximum absolute atomic E-state index is 13.4. The van der Waals surface area contributed by atoms with Gasteiger partial charge < -0.3 is 14.2 Å². The molecule has 0 radical (unpaired) electrons. The highest BCUT2D eigenvalue weighted by atomic mass is 32.1. The number of nitrogens with zero attached hydrogens (tertiary/aromatic N) is 3. The fourth-order valence-corrected chi connectivity index (χ4v) is 4.55. The Morgan fingerprint density at radius 2 is 1.79 bits per heavy atom. The van der Waals surface area contributed by atoms with Gasteiger partial charge in [0.15, 0.2) is 16.6 Å². The van der Waals surface area contributed by atoms with Crippen LogP contribution < -0.4 is 19.1 Å². The van der Waals surface area contributed by atoms with Crippen molar-refractivity contribution in [1.29, 1.82) is 0 Å². The van der Waals surface area contributed by atoms with Crippen LogP contribution in [0.5, 0.6) is 17.2 Å². The second kappa shape index (κ2) is 10.4. The number of benzene rings is 2. The Kier molecular flexibility index (Phi) is 7.08. The van der Waals surface area contributed by atoms with Crippen molar-refractivity contribution >= 4 is 38.7 Å². The lowest BCUT2D eigenvalue weighted by Crippen LogP contribution is -2.29.